The van der Waals surface area contributed by atoms with Crippen LogP contribution in [0.4, 0.5) is 0 Å². The molecule has 2 aliphatic carbocycles. The monoisotopic (exact) mass is 1490 g/mol. The minimum atomic E-state index is -0.0714. The van der Waals surface area contributed by atoms with Gasteiger partial charge in [-0.2, -0.15) is 0 Å². The van der Waals surface area contributed by atoms with Crippen molar-refractivity contribution in [3.05, 3.63) is 398 Å². The summed E-state index contributed by atoms with van der Waals surface area (Å²) < 4.78 is 17.8. The molecular weight excluding hydrogens is 1420 g/mol. The predicted octanol–water partition coefficient (Wildman–Crippen LogP) is 31.2. The van der Waals surface area contributed by atoms with Crippen LogP contribution in [0.1, 0.15) is 48.9 Å². The molecule has 117 heavy (non-hydrogen) atoms. The summed E-state index contributed by atoms with van der Waals surface area (Å²) in [5.41, 5.74) is 34.0. The number of benzene rings is 19. The number of rotatable bonds is 8. The van der Waals surface area contributed by atoms with E-state index in [2.05, 4.69) is 387 Å². The zero-order chi connectivity index (χ0) is 77.1. The van der Waals surface area contributed by atoms with Crippen LogP contribution >= 0.6 is 0 Å². The first-order valence-electron chi connectivity index (χ1n) is 41.2. The smallest absolute Gasteiger partial charge is 0.143 e. The van der Waals surface area contributed by atoms with Gasteiger partial charge in [-0.05, 0) is 237 Å². The SMILES string of the molecule is CC1(C)c2ccccc2-c2ccc(-c3c4ccccc4c(-c4ccc(-n5c6ccccc6c6cc(-c7cccc8c7oc7ccccc78)ccc65)cc4)c4ccccc34)cc21.c1cc2c(c(-c3c4ccccc4c(-c4ccc(-n5c6ccccc6c6cc(-c7cccc8c7oc7ccccc78)ccc65)cc4)c4ccccc34)c1)CCCC2. The summed E-state index contributed by atoms with van der Waals surface area (Å²) in [4.78, 5) is 0. The number of nitrogens with zero attached hydrogens (tertiary/aromatic N) is 2. The minimum Gasteiger partial charge on any atom is -0.455 e. The van der Waals surface area contributed by atoms with Crippen LogP contribution in [-0.2, 0) is 18.3 Å². The van der Waals surface area contributed by atoms with Crippen molar-refractivity contribution in [1.29, 1.82) is 0 Å². The van der Waals surface area contributed by atoms with E-state index in [1.807, 2.05) is 12.1 Å². The predicted molar refractivity (Wildman–Crippen MR) is 493 cm³/mol. The Hall–Kier alpha value is -14.6. The van der Waals surface area contributed by atoms with Crippen LogP contribution in [0.2, 0.25) is 0 Å². The zero-order valence-electron chi connectivity index (χ0n) is 64.8. The van der Waals surface area contributed by atoms with E-state index in [0.29, 0.717) is 0 Å². The highest BCUT2D eigenvalue weighted by Crippen LogP contribution is 2.53. The van der Waals surface area contributed by atoms with Gasteiger partial charge in [0.1, 0.15) is 22.3 Å². The zero-order valence-corrected chi connectivity index (χ0v) is 64.8. The van der Waals surface area contributed by atoms with Gasteiger partial charge in [-0.3, -0.25) is 0 Å². The highest BCUT2D eigenvalue weighted by atomic mass is 16.3. The standard InChI is InChI=1S/C59H39NO.C54H37NO/c1-59(2)51-23-10-7-14-41(51)42-32-28-38(35-52(42)59)57-47-19-5-3-17-45(47)56(46-18-4-6-20-48(46)57)36-26-30-39(31-27-36)60-53-24-11-8-15-43(53)50-34-37(29-33-54(50)60)40-21-13-22-49-44-16-9-12-25-55(44)61-58(40)49;1-2-15-38-34(13-1)14-11-23-42(38)53-45-20-5-3-18-43(45)52(44-19-4-6-21-46(44)53)35-27-30-37(31-28-35)55-49-25-9-7-16-40(49)48-33-36(29-32-50(48)55)39-22-12-24-47-41-17-8-10-26-51(41)56-54(39)47/h3-35H,1-2H3;3-12,14,16-33H,1-2,13,15H2. The van der Waals surface area contributed by atoms with E-state index in [9.17, 15) is 0 Å². The quantitative estimate of drug-likeness (QED) is 0.142. The molecule has 0 aliphatic heterocycles. The Morgan fingerprint density at radius 3 is 1.08 bits per heavy atom. The van der Waals surface area contributed by atoms with Crippen molar-refractivity contribution in [3.8, 4) is 89.3 Å². The number of hydrogen-bond donors (Lipinski definition) is 0. The molecule has 4 nitrogen and oxygen atoms in total. The van der Waals surface area contributed by atoms with E-state index in [1.54, 1.807) is 0 Å². The van der Waals surface area contributed by atoms with Gasteiger partial charge in [-0.25, -0.2) is 0 Å². The van der Waals surface area contributed by atoms with Crippen molar-refractivity contribution in [3.63, 3.8) is 0 Å². The summed E-state index contributed by atoms with van der Waals surface area (Å²) in [5.74, 6) is 0. The van der Waals surface area contributed by atoms with Crippen LogP contribution in [0.25, 0.3) is 220 Å². The van der Waals surface area contributed by atoms with Gasteiger partial charge in [0.2, 0.25) is 0 Å². The van der Waals surface area contributed by atoms with Crippen molar-refractivity contribution >= 4 is 131 Å². The lowest BCUT2D eigenvalue weighted by atomic mass is 9.80. The molecule has 0 unspecified atom stereocenters. The van der Waals surface area contributed by atoms with Gasteiger partial charge in [0.05, 0.1) is 22.1 Å². The topological polar surface area (TPSA) is 36.1 Å². The lowest BCUT2D eigenvalue weighted by molar-refractivity contribution is 0.660. The highest BCUT2D eigenvalue weighted by Gasteiger charge is 2.36. The molecule has 4 heteroatoms. The molecular formula is C113H76N2O2. The van der Waals surface area contributed by atoms with Crippen LogP contribution in [0.3, 0.4) is 0 Å². The van der Waals surface area contributed by atoms with Crippen LogP contribution in [0.5, 0.6) is 0 Å². The molecule has 0 spiro atoms. The lowest BCUT2D eigenvalue weighted by Gasteiger charge is -2.23. The number of hydrogen-bond acceptors (Lipinski definition) is 2. The molecule has 0 atom stereocenters. The van der Waals surface area contributed by atoms with E-state index in [1.165, 1.54) is 184 Å². The summed E-state index contributed by atoms with van der Waals surface area (Å²) in [6.45, 7) is 4.73. The lowest BCUT2D eigenvalue weighted by Crippen LogP contribution is -2.14. The maximum absolute atomic E-state index is 6.47. The average molecular weight is 1490 g/mol. The largest absolute Gasteiger partial charge is 0.455 e. The molecule has 0 amide bonds. The van der Waals surface area contributed by atoms with Crippen molar-refractivity contribution in [1.82, 2.24) is 9.13 Å². The van der Waals surface area contributed by atoms with Gasteiger partial charge in [0.15, 0.2) is 0 Å². The average Bonchev–Trinajstić information content (AvgIpc) is 1.34. The van der Waals surface area contributed by atoms with Gasteiger partial charge in [-0.15, -0.1) is 0 Å². The summed E-state index contributed by atoms with van der Waals surface area (Å²) in [5, 5.41) is 19.8. The fourth-order valence-corrected chi connectivity index (χ4v) is 20.7. The van der Waals surface area contributed by atoms with Crippen molar-refractivity contribution < 1.29 is 8.83 Å². The summed E-state index contributed by atoms with van der Waals surface area (Å²) in [6, 6.07) is 138. The Morgan fingerprint density at radius 1 is 0.231 bits per heavy atom. The fraction of sp³-hybridized carbons (Fsp3) is 0.0619. The Balaban J connectivity index is 0.000000135. The maximum atomic E-state index is 6.47. The summed E-state index contributed by atoms with van der Waals surface area (Å²) in [6.07, 6.45) is 4.87. The van der Waals surface area contributed by atoms with Crippen LogP contribution in [-0.4, -0.2) is 9.13 Å². The van der Waals surface area contributed by atoms with Gasteiger partial charge >= 0.3 is 0 Å². The Labute approximate surface area is 676 Å². The molecule has 19 aromatic carbocycles. The number of para-hydroxylation sites is 6. The van der Waals surface area contributed by atoms with Crippen LogP contribution in [0.15, 0.2) is 385 Å². The number of furan rings is 2. The van der Waals surface area contributed by atoms with Gasteiger partial charge in [0, 0.05) is 71.0 Å². The summed E-state index contributed by atoms with van der Waals surface area (Å²) in [7, 11) is 0. The Kier molecular flexibility index (Phi) is 15.0. The van der Waals surface area contributed by atoms with Crippen molar-refractivity contribution in [2.24, 2.45) is 0 Å². The first-order chi connectivity index (χ1) is 57.8. The number of aromatic nitrogens is 2. The summed E-state index contributed by atoms with van der Waals surface area (Å²) >= 11 is 0. The van der Waals surface area contributed by atoms with Crippen molar-refractivity contribution in [2.45, 2.75) is 44.9 Å². The number of fused-ring (bicyclic) bond motifs is 20. The Morgan fingerprint density at radius 2 is 0.581 bits per heavy atom. The minimum absolute atomic E-state index is 0.0714. The third kappa shape index (κ3) is 10.3. The normalized spacial score (nSPS) is 13.1. The van der Waals surface area contributed by atoms with E-state index in [4.69, 9.17) is 8.83 Å². The second-order valence-corrected chi connectivity index (χ2v) is 32.6. The highest BCUT2D eigenvalue weighted by molar-refractivity contribution is 6.24. The Bertz CT molecular complexity index is 7980. The molecule has 0 saturated heterocycles. The second kappa shape index (κ2) is 26.2. The van der Waals surface area contributed by atoms with E-state index in [-0.39, 0.29) is 5.41 Å². The molecule has 23 aromatic rings. The molecule has 4 aromatic heterocycles. The third-order valence-corrected chi connectivity index (χ3v) is 26.0. The van der Waals surface area contributed by atoms with E-state index < -0.39 is 0 Å². The third-order valence-electron chi connectivity index (χ3n) is 26.0. The maximum Gasteiger partial charge on any atom is 0.143 e. The van der Waals surface area contributed by atoms with Gasteiger partial charge in [0.25, 0.3) is 0 Å². The second-order valence-electron chi connectivity index (χ2n) is 32.6. The van der Waals surface area contributed by atoms with Crippen molar-refractivity contribution in [2.75, 3.05) is 0 Å². The molecule has 0 radical (unpaired) electrons. The van der Waals surface area contributed by atoms with Crippen LogP contribution in [0, 0.1) is 0 Å². The molecule has 25 rings (SSSR count). The molecule has 4 heterocycles. The molecule has 550 valence electrons. The number of aryl methyl sites for hydroxylation is 1. The van der Waals surface area contributed by atoms with E-state index >= 15 is 0 Å². The van der Waals surface area contributed by atoms with E-state index in [0.717, 1.165) is 83.9 Å². The molecule has 0 bridgehead atoms. The van der Waals surface area contributed by atoms with Gasteiger partial charge < -0.3 is 18.0 Å². The fourth-order valence-electron chi connectivity index (χ4n) is 20.7. The first kappa shape index (κ1) is 67.0. The first-order valence-corrected chi connectivity index (χ1v) is 41.2. The van der Waals surface area contributed by atoms with Gasteiger partial charge in [-0.1, -0.05) is 311 Å². The molecule has 0 saturated carbocycles. The molecule has 2 aliphatic rings. The van der Waals surface area contributed by atoms with Crippen LogP contribution < -0.4 is 0 Å². The molecule has 0 fully saturated rings. The molecule has 0 N–H and O–H groups in total.